The van der Waals surface area contributed by atoms with Crippen molar-refractivity contribution < 1.29 is 18.0 Å². The van der Waals surface area contributed by atoms with Gasteiger partial charge >= 0.3 is 6.18 Å². The van der Waals surface area contributed by atoms with Crippen LogP contribution in [-0.2, 0) is 11.0 Å². The number of thiocarbonyl (C=S) groups is 1. The molecule has 0 bridgehead atoms. The normalized spacial score (nSPS) is 20.1. The van der Waals surface area contributed by atoms with Crippen LogP contribution in [0.25, 0.3) is 10.9 Å². The van der Waals surface area contributed by atoms with Crippen LogP contribution in [0.15, 0.2) is 42.7 Å². The summed E-state index contributed by atoms with van der Waals surface area (Å²) < 4.78 is 43.2. The minimum Gasteiger partial charge on any atom is -0.344 e. The number of rotatable bonds is 3. The molecule has 0 unspecified atom stereocenters. The maximum absolute atomic E-state index is 13.7. The summed E-state index contributed by atoms with van der Waals surface area (Å²) in [6.07, 6.45) is 6.42. The topological polar surface area (TPSA) is 65.2 Å². The number of pyridine rings is 1. The van der Waals surface area contributed by atoms with E-state index in [1.54, 1.807) is 4.90 Å². The number of fused-ring (bicyclic) bond motifs is 1. The average molecular weight is 524 g/mol. The molecule has 0 atom stereocenters. The first-order chi connectivity index (χ1) is 17.7. The first-order valence-electron chi connectivity index (χ1n) is 12.5. The Morgan fingerprint density at radius 2 is 1.81 bits per heavy atom. The fourth-order valence-corrected chi connectivity index (χ4v) is 6.53. The molecule has 3 fully saturated rings. The summed E-state index contributed by atoms with van der Waals surface area (Å²) in [6, 6.07) is 10.8. The Morgan fingerprint density at radius 3 is 2.46 bits per heavy atom. The highest BCUT2D eigenvalue weighted by atomic mass is 32.1. The van der Waals surface area contributed by atoms with Crippen molar-refractivity contribution >= 4 is 45.5 Å². The predicted molar refractivity (Wildman–Crippen MR) is 137 cm³/mol. The van der Waals surface area contributed by atoms with Gasteiger partial charge in [0.2, 0.25) is 0 Å². The number of halogens is 3. The lowest BCUT2D eigenvalue weighted by Gasteiger charge is -2.43. The molecule has 2 aliphatic carbocycles. The van der Waals surface area contributed by atoms with Crippen LogP contribution in [0.4, 0.5) is 24.5 Å². The van der Waals surface area contributed by atoms with E-state index < -0.39 is 23.0 Å². The predicted octanol–water partition coefficient (Wildman–Crippen LogP) is 6.49. The van der Waals surface area contributed by atoms with Crippen molar-refractivity contribution in [1.82, 2.24) is 9.55 Å². The Bertz CT molecular complexity index is 1460. The molecule has 1 aliphatic heterocycles. The van der Waals surface area contributed by atoms with Crippen molar-refractivity contribution in [2.45, 2.75) is 69.1 Å². The van der Waals surface area contributed by atoms with Crippen LogP contribution in [0.2, 0.25) is 0 Å². The van der Waals surface area contributed by atoms with Crippen molar-refractivity contribution in [3.8, 4) is 6.07 Å². The van der Waals surface area contributed by atoms with Gasteiger partial charge in [0.1, 0.15) is 11.6 Å². The number of aromatic nitrogens is 2. The van der Waals surface area contributed by atoms with Gasteiger partial charge in [-0.15, -0.1) is 0 Å². The van der Waals surface area contributed by atoms with Crippen LogP contribution in [0, 0.1) is 11.3 Å². The third kappa shape index (κ3) is 3.62. The van der Waals surface area contributed by atoms with E-state index in [0.29, 0.717) is 18.9 Å². The van der Waals surface area contributed by atoms with Crippen molar-refractivity contribution in [3.63, 3.8) is 0 Å². The fourth-order valence-electron chi connectivity index (χ4n) is 6.06. The second-order valence-corrected chi connectivity index (χ2v) is 10.5. The van der Waals surface area contributed by atoms with E-state index in [1.165, 1.54) is 25.3 Å². The van der Waals surface area contributed by atoms with E-state index in [2.05, 4.69) is 21.8 Å². The number of hydrogen-bond acceptors (Lipinski definition) is 4. The molecule has 3 aliphatic rings. The summed E-state index contributed by atoms with van der Waals surface area (Å²) in [5.74, 6) is -0.358. The van der Waals surface area contributed by atoms with Gasteiger partial charge in [-0.25, -0.2) is 4.98 Å². The maximum Gasteiger partial charge on any atom is 0.419 e. The van der Waals surface area contributed by atoms with E-state index in [-0.39, 0.29) is 16.7 Å². The van der Waals surface area contributed by atoms with Gasteiger partial charge in [-0.3, -0.25) is 9.69 Å². The van der Waals surface area contributed by atoms with Gasteiger partial charge in [0.05, 0.1) is 17.4 Å². The molecular weight excluding hydrogens is 499 g/mol. The van der Waals surface area contributed by atoms with E-state index in [1.807, 2.05) is 18.2 Å². The SMILES string of the molecule is N#Cc1ncc(N2C(=O)C3(CCC3)N(c3ccc4c(ccn4C4CCCCC4)c3)C2=S)cc1C(F)(F)F. The highest BCUT2D eigenvalue weighted by Crippen LogP contribution is 2.48. The molecule has 6 rings (SSSR count). The van der Waals surface area contributed by atoms with Crippen molar-refractivity contribution in [2.24, 2.45) is 0 Å². The zero-order valence-electron chi connectivity index (χ0n) is 20.0. The molecule has 1 saturated heterocycles. The zero-order chi connectivity index (χ0) is 25.9. The smallest absolute Gasteiger partial charge is 0.344 e. The van der Waals surface area contributed by atoms with E-state index in [9.17, 15) is 18.0 Å². The average Bonchev–Trinajstić information content (AvgIpc) is 3.39. The van der Waals surface area contributed by atoms with Gasteiger partial charge in [0.15, 0.2) is 10.8 Å². The number of alkyl halides is 3. The quantitative estimate of drug-likeness (QED) is 0.367. The minimum absolute atomic E-state index is 0.0837. The lowest BCUT2D eigenvalue weighted by atomic mass is 9.75. The molecule has 1 spiro atoms. The fraction of sp³-hybridized carbons (Fsp3) is 0.407. The molecule has 37 heavy (non-hydrogen) atoms. The summed E-state index contributed by atoms with van der Waals surface area (Å²) in [7, 11) is 0. The van der Waals surface area contributed by atoms with Crippen LogP contribution < -0.4 is 9.80 Å². The summed E-state index contributed by atoms with van der Waals surface area (Å²) in [5, 5.41) is 10.3. The number of hydrogen-bond donors (Lipinski definition) is 0. The number of nitrogens with zero attached hydrogens (tertiary/aromatic N) is 5. The summed E-state index contributed by atoms with van der Waals surface area (Å²) in [6.45, 7) is 0. The lowest BCUT2D eigenvalue weighted by molar-refractivity contribution is -0.138. The molecule has 1 aromatic carbocycles. The largest absolute Gasteiger partial charge is 0.419 e. The molecule has 6 nitrogen and oxygen atoms in total. The highest BCUT2D eigenvalue weighted by Gasteiger charge is 2.59. The van der Waals surface area contributed by atoms with E-state index in [0.717, 1.165) is 53.0 Å². The second-order valence-electron chi connectivity index (χ2n) is 10.1. The number of carbonyl (C=O) groups is 1. The Balaban J connectivity index is 1.40. The second kappa shape index (κ2) is 8.55. The van der Waals surface area contributed by atoms with Gasteiger partial charge in [-0.05, 0) is 74.7 Å². The molecule has 2 aromatic heterocycles. The van der Waals surface area contributed by atoms with Crippen LogP contribution >= 0.6 is 12.2 Å². The molecule has 0 N–H and O–H groups in total. The number of anilines is 2. The molecule has 190 valence electrons. The molecule has 1 amide bonds. The Morgan fingerprint density at radius 1 is 1.05 bits per heavy atom. The maximum atomic E-state index is 13.7. The number of benzene rings is 1. The monoisotopic (exact) mass is 523 g/mol. The van der Waals surface area contributed by atoms with Crippen LogP contribution in [0.3, 0.4) is 0 Å². The lowest BCUT2D eigenvalue weighted by Crippen LogP contribution is -2.55. The molecule has 10 heteroatoms. The zero-order valence-corrected chi connectivity index (χ0v) is 20.8. The first kappa shape index (κ1) is 23.9. The van der Waals surface area contributed by atoms with Gasteiger partial charge in [0.25, 0.3) is 5.91 Å². The first-order valence-corrected chi connectivity index (χ1v) is 12.9. The highest BCUT2D eigenvalue weighted by molar-refractivity contribution is 7.81. The van der Waals surface area contributed by atoms with Gasteiger partial charge in [0, 0.05) is 28.8 Å². The molecule has 0 radical (unpaired) electrons. The Kier molecular flexibility index (Phi) is 5.53. The van der Waals surface area contributed by atoms with Crippen LogP contribution in [-0.4, -0.2) is 26.1 Å². The van der Waals surface area contributed by atoms with Gasteiger partial charge < -0.3 is 9.47 Å². The summed E-state index contributed by atoms with van der Waals surface area (Å²) in [5.41, 5.74) is -1.07. The number of amides is 1. The van der Waals surface area contributed by atoms with E-state index >= 15 is 0 Å². The Hall–Kier alpha value is -3.45. The van der Waals surface area contributed by atoms with Crippen molar-refractivity contribution in [3.05, 3.63) is 54.0 Å². The number of nitriles is 1. The Labute approximate surface area is 217 Å². The van der Waals surface area contributed by atoms with E-state index in [4.69, 9.17) is 17.5 Å². The van der Waals surface area contributed by atoms with Crippen molar-refractivity contribution in [2.75, 3.05) is 9.80 Å². The molecule has 3 heterocycles. The third-order valence-electron chi connectivity index (χ3n) is 8.07. The van der Waals surface area contributed by atoms with Gasteiger partial charge in [-0.1, -0.05) is 19.3 Å². The molecule has 3 aromatic rings. The standard InChI is InChI=1S/C27H24F3N5OS/c28-27(29,30)21-14-20(16-32-22(21)15-31)34-24(36)26(10-4-11-26)35(25(34)37)19-7-8-23-17(13-19)9-12-33(23)18-5-2-1-3-6-18/h7-9,12-14,16,18H,1-6,10-11H2. The minimum atomic E-state index is -4.79. The third-order valence-corrected chi connectivity index (χ3v) is 8.43. The van der Waals surface area contributed by atoms with Crippen LogP contribution in [0.1, 0.15) is 68.7 Å². The molecule has 2 saturated carbocycles. The van der Waals surface area contributed by atoms with Gasteiger partial charge in [-0.2, -0.15) is 18.4 Å². The molecular formula is C27H24F3N5OS. The number of carbonyl (C=O) groups excluding carboxylic acids is 1. The van der Waals surface area contributed by atoms with Crippen molar-refractivity contribution in [1.29, 1.82) is 5.26 Å². The summed E-state index contributed by atoms with van der Waals surface area (Å²) >= 11 is 5.73. The summed E-state index contributed by atoms with van der Waals surface area (Å²) in [4.78, 5) is 20.4. The van der Waals surface area contributed by atoms with Crippen LogP contribution in [0.5, 0.6) is 0 Å².